The summed E-state index contributed by atoms with van der Waals surface area (Å²) in [5.41, 5.74) is 0. The third-order valence-corrected chi connectivity index (χ3v) is 15.8. The van der Waals surface area contributed by atoms with Crippen LogP contribution in [0.2, 0.25) is 0 Å². The summed E-state index contributed by atoms with van der Waals surface area (Å²) in [5, 5.41) is 3.39. The first-order valence-corrected chi connectivity index (χ1v) is 32.8. The number of carbonyl (C=O) groups excluding carboxylic acids is 4. The minimum Gasteiger partial charge on any atom is -0.462 e. The topological polar surface area (TPSA) is 121 Å². The highest BCUT2D eigenvalue weighted by Gasteiger charge is 2.23. The molecule has 76 heavy (non-hydrogen) atoms. The number of hydrogen-bond donors (Lipinski definition) is 1. The van der Waals surface area contributed by atoms with Crippen LogP contribution in [0.5, 0.6) is 0 Å². The maximum absolute atomic E-state index is 13.6. The molecule has 0 aromatic rings. The molecule has 4 atom stereocenters. The van der Waals surface area contributed by atoms with E-state index in [0.29, 0.717) is 51.6 Å². The van der Waals surface area contributed by atoms with Crippen molar-refractivity contribution < 1.29 is 33.4 Å². The molecule has 1 N–H and O–H groups in total. The van der Waals surface area contributed by atoms with Crippen molar-refractivity contribution in [2.45, 2.75) is 311 Å². The van der Waals surface area contributed by atoms with Crippen molar-refractivity contribution in [3.8, 4) is 0 Å². The molecule has 0 aromatic carbocycles. The molecule has 1 rings (SSSR count). The number of nitrogens with zero attached hydrogens (tertiary/aromatic N) is 4. The minimum atomic E-state index is -0.156. The molecule has 0 spiro atoms. The summed E-state index contributed by atoms with van der Waals surface area (Å²) in [5.74, 6) is -0.241. The maximum Gasteiger partial charge on any atom is 0.307 e. The first-order valence-electron chi connectivity index (χ1n) is 32.8. The lowest BCUT2D eigenvalue weighted by atomic mass is 10.0. The Morgan fingerprint density at radius 1 is 0.355 bits per heavy atom. The number of nitrogens with one attached hydrogen (secondary N) is 1. The van der Waals surface area contributed by atoms with E-state index in [-0.39, 0.29) is 55.0 Å². The van der Waals surface area contributed by atoms with Crippen LogP contribution >= 0.6 is 0 Å². The van der Waals surface area contributed by atoms with E-state index in [0.717, 1.165) is 168 Å². The fourth-order valence-electron chi connectivity index (χ4n) is 10.6. The van der Waals surface area contributed by atoms with Gasteiger partial charge in [-0.2, -0.15) is 0 Å². The molecule has 1 aliphatic rings. The monoisotopic (exact) mass is 1080 g/mol. The average Bonchev–Trinajstić information content (AvgIpc) is 3.42. The number of unbranched alkanes of at least 4 members (excludes halogenated alkanes) is 16. The van der Waals surface area contributed by atoms with Gasteiger partial charge in [0.15, 0.2) is 0 Å². The second-order valence-electron chi connectivity index (χ2n) is 22.9. The molecular formula is C64H125N5O7. The number of piperazine rings is 1. The summed E-state index contributed by atoms with van der Waals surface area (Å²) in [7, 11) is 0. The van der Waals surface area contributed by atoms with Gasteiger partial charge in [0.05, 0.1) is 19.3 Å². The van der Waals surface area contributed by atoms with Gasteiger partial charge in [-0.05, 0) is 70.6 Å². The Morgan fingerprint density at radius 3 is 1.03 bits per heavy atom. The molecule has 0 aliphatic carbocycles. The zero-order chi connectivity index (χ0) is 55.7. The molecule has 1 heterocycles. The number of amides is 1. The van der Waals surface area contributed by atoms with Crippen molar-refractivity contribution in [3.05, 3.63) is 0 Å². The van der Waals surface area contributed by atoms with Gasteiger partial charge in [-0.15, -0.1) is 0 Å². The zero-order valence-corrected chi connectivity index (χ0v) is 51.4. The van der Waals surface area contributed by atoms with Crippen molar-refractivity contribution in [1.82, 2.24) is 24.9 Å². The molecule has 1 aliphatic heterocycles. The number of rotatable bonds is 54. The molecule has 12 nitrogen and oxygen atoms in total. The van der Waals surface area contributed by atoms with Gasteiger partial charge >= 0.3 is 17.9 Å². The predicted molar refractivity (Wildman–Crippen MR) is 319 cm³/mol. The molecule has 448 valence electrons. The highest BCUT2D eigenvalue weighted by Crippen LogP contribution is 2.19. The first kappa shape index (κ1) is 71.7. The predicted octanol–water partition coefficient (Wildman–Crippen LogP) is 14.6. The van der Waals surface area contributed by atoms with Crippen LogP contribution in [0.25, 0.3) is 0 Å². The van der Waals surface area contributed by atoms with Crippen LogP contribution in [0.3, 0.4) is 0 Å². The number of ether oxygens (including phenoxy) is 3. The van der Waals surface area contributed by atoms with Crippen LogP contribution in [0.4, 0.5) is 0 Å². The highest BCUT2D eigenvalue weighted by molar-refractivity contribution is 5.76. The van der Waals surface area contributed by atoms with Crippen molar-refractivity contribution >= 4 is 23.8 Å². The Kier molecular flexibility index (Phi) is 48.0. The molecule has 1 fully saturated rings. The van der Waals surface area contributed by atoms with Gasteiger partial charge in [0, 0.05) is 91.0 Å². The van der Waals surface area contributed by atoms with Crippen LogP contribution in [0, 0.1) is 0 Å². The van der Waals surface area contributed by atoms with Gasteiger partial charge in [0.2, 0.25) is 5.91 Å². The lowest BCUT2D eigenvalue weighted by Gasteiger charge is -2.36. The standard InChI is InChI=1S/C64H125N5O7/c1-9-17-25-29-34-57(33-21-13-5)65-61(70)41-45-67-51-54-69(55-52-67)56-53-68(48-44-64(73)76-60(37-24-16-8)40-32-28-20-12-4)50-49-66(46-42-62(71)74-58(35-22-14-6)38-30-26-18-10-2)47-43-63(72)75-59(36-23-15-7)39-31-27-19-11-3/h57-60H,9-56H2,1-8H3,(H,65,70). The normalized spacial score (nSPS) is 15.0. The van der Waals surface area contributed by atoms with Gasteiger partial charge in [0.25, 0.3) is 0 Å². The van der Waals surface area contributed by atoms with E-state index < -0.39 is 0 Å². The van der Waals surface area contributed by atoms with Gasteiger partial charge in [0.1, 0.15) is 18.3 Å². The Labute approximate surface area is 469 Å². The van der Waals surface area contributed by atoms with Gasteiger partial charge in [-0.25, -0.2) is 0 Å². The average molecular weight is 1080 g/mol. The summed E-state index contributed by atoms with van der Waals surface area (Å²) >= 11 is 0. The van der Waals surface area contributed by atoms with Crippen LogP contribution in [0.15, 0.2) is 0 Å². The van der Waals surface area contributed by atoms with Crippen LogP contribution < -0.4 is 5.32 Å². The Hall–Kier alpha value is -2.28. The molecule has 4 unspecified atom stereocenters. The maximum atomic E-state index is 13.6. The molecular weight excluding hydrogens is 951 g/mol. The summed E-state index contributed by atoms with van der Waals surface area (Å²) in [6, 6.07) is 0.292. The van der Waals surface area contributed by atoms with E-state index in [1.165, 1.54) is 83.5 Å². The second-order valence-corrected chi connectivity index (χ2v) is 22.9. The van der Waals surface area contributed by atoms with E-state index in [9.17, 15) is 19.2 Å². The first-order chi connectivity index (χ1) is 37.0. The van der Waals surface area contributed by atoms with E-state index in [4.69, 9.17) is 14.2 Å². The SMILES string of the molecule is CCCCCCC(CCCC)NC(=O)CCN1CCN(CCN(CCC(=O)OC(CCCC)CCCCCC)CCN(CCC(=O)OC(CCCC)CCCCCC)CCC(=O)OC(CCCC)CCCCCC)CC1. The lowest BCUT2D eigenvalue weighted by molar-refractivity contribution is -0.152. The molecule has 0 saturated carbocycles. The van der Waals surface area contributed by atoms with Crippen molar-refractivity contribution in [2.75, 3.05) is 78.5 Å². The summed E-state index contributed by atoms with van der Waals surface area (Å²) < 4.78 is 18.6. The number of hydrogen-bond acceptors (Lipinski definition) is 11. The van der Waals surface area contributed by atoms with Crippen molar-refractivity contribution in [1.29, 1.82) is 0 Å². The molecule has 0 radical (unpaired) electrons. The second kappa shape index (κ2) is 50.9. The van der Waals surface area contributed by atoms with Crippen molar-refractivity contribution in [3.63, 3.8) is 0 Å². The molecule has 12 heteroatoms. The fourth-order valence-corrected chi connectivity index (χ4v) is 10.6. The molecule has 1 amide bonds. The molecule has 0 aromatic heterocycles. The van der Waals surface area contributed by atoms with Gasteiger partial charge < -0.3 is 34.2 Å². The van der Waals surface area contributed by atoms with E-state index in [2.05, 4.69) is 80.3 Å². The molecule has 0 bridgehead atoms. The van der Waals surface area contributed by atoms with Crippen LogP contribution in [-0.4, -0.2) is 146 Å². The zero-order valence-electron chi connectivity index (χ0n) is 51.4. The van der Waals surface area contributed by atoms with Crippen molar-refractivity contribution in [2.24, 2.45) is 0 Å². The smallest absolute Gasteiger partial charge is 0.307 e. The fraction of sp³-hybridized carbons (Fsp3) is 0.938. The Balaban J connectivity index is 3.18. The van der Waals surface area contributed by atoms with Gasteiger partial charge in [-0.3, -0.25) is 24.1 Å². The number of carbonyl (C=O) groups is 4. The van der Waals surface area contributed by atoms with Crippen LogP contribution in [-0.2, 0) is 33.4 Å². The highest BCUT2D eigenvalue weighted by atomic mass is 16.6. The third-order valence-electron chi connectivity index (χ3n) is 15.8. The Morgan fingerprint density at radius 2 is 0.658 bits per heavy atom. The summed E-state index contributed by atoms with van der Waals surface area (Å²) in [6.07, 6.45) is 36.5. The summed E-state index contributed by atoms with van der Waals surface area (Å²) in [4.78, 5) is 63.6. The largest absolute Gasteiger partial charge is 0.462 e. The quantitative estimate of drug-likeness (QED) is 0.0356. The Bertz CT molecular complexity index is 1320. The van der Waals surface area contributed by atoms with E-state index in [1.807, 2.05) is 0 Å². The lowest BCUT2D eigenvalue weighted by Crippen LogP contribution is -2.49. The van der Waals surface area contributed by atoms with E-state index >= 15 is 0 Å². The molecule has 1 saturated heterocycles. The third kappa shape index (κ3) is 40.8. The minimum absolute atomic E-state index is 0.0241. The van der Waals surface area contributed by atoms with E-state index in [1.54, 1.807) is 0 Å². The number of esters is 3. The summed E-state index contributed by atoms with van der Waals surface area (Å²) in [6.45, 7) is 26.9. The van der Waals surface area contributed by atoms with Gasteiger partial charge in [-0.1, -0.05) is 190 Å². The van der Waals surface area contributed by atoms with Crippen LogP contribution in [0.1, 0.15) is 287 Å².